The molecule has 25 heavy (non-hydrogen) atoms. The number of carbonyl (C=O) groups excluding carboxylic acids is 1. The summed E-state index contributed by atoms with van der Waals surface area (Å²) in [5.74, 6) is 0.950. The van der Waals surface area contributed by atoms with E-state index in [9.17, 15) is 4.79 Å². The van der Waals surface area contributed by atoms with Crippen LogP contribution in [-0.2, 0) is 6.42 Å². The van der Waals surface area contributed by atoms with E-state index in [1.54, 1.807) is 11.3 Å². The van der Waals surface area contributed by atoms with Gasteiger partial charge in [-0.3, -0.25) is 9.80 Å². The number of hydrogen-bond acceptors (Lipinski definition) is 5. The predicted octanol–water partition coefficient (Wildman–Crippen LogP) is 2.37. The van der Waals surface area contributed by atoms with Crippen molar-refractivity contribution in [1.82, 2.24) is 15.2 Å². The molecule has 0 bridgehead atoms. The number of anilines is 1. The van der Waals surface area contributed by atoms with Crippen LogP contribution in [0.15, 0.2) is 12.1 Å². The normalized spacial score (nSPS) is 28.8. The number of rotatable bonds is 2. The first-order valence-corrected chi connectivity index (χ1v) is 9.98. The van der Waals surface area contributed by atoms with E-state index in [0.29, 0.717) is 0 Å². The van der Waals surface area contributed by atoms with Gasteiger partial charge in [0.2, 0.25) is 0 Å². The van der Waals surface area contributed by atoms with E-state index >= 15 is 0 Å². The molecule has 1 saturated carbocycles. The van der Waals surface area contributed by atoms with Gasteiger partial charge in [0.1, 0.15) is 5.75 Å². The molecule has 0 radical (unpaired) electrons. The molecule has 2 amide bonds. The lowest BCUT2D eigenvalue weighted by molar-refractivity contribution is 0.187. The summed E-state index contributed by atoms with van der Waals surface area (Å²) in [5.41, 5.74) is 2.21. The number of aromatic nitrogens is 1. The van der Waals surface area contributed by atoms with E-state index in [2.05, 4.69) is 16.3 Å². The minimum Gasteiger partial charge on any atom is -0.493 e. The highest BCUT2D eigenvalue weighted by Crippen LogP contribution is 2.40. The molecule has 4 heterocycles. The average Bonchev–Trinajstić information content (AvgIpc) is 3.05. The van der Waals surface area contributed by atoms with Gasteiger partial charge in [-0.1, -0.05) is 11.3 Å². The Balaban J connectivity index is 1.39. The fraction of sp³-hybridized carbons (Fsp3) is 0.556. The van der Waals surface area contributed by atoms with Crippen molar-refractivity contribution in [2.75, 3.05) is 24.6 Å². The SMILES string of the molecule is O=C1N[C@H]2CCN(C3CC3)C[C@H]2N1c1nc2c3c(ccc2s1)OCC3. The summed E-state index contributed by atoms with van der Waals surface area (Å²) in [6, 6.07) is 5.32. The summed E-state index contributed by atoms with van der Waals surface area (Å²) >= 11 is 1.63. The van der Waals surface area contributed by atoms with Crippen molar-refractivity contribution in [3.8, 4) is 5.75 Å². The molecule has 130 valence electrons. The standard InChI is InChI=1S/C18H20N4O2S/c23-17-19-12-5-7-21(10-1-2-10)9-13(12)22(17)18-20-16-11-6-8-24-14(11)3-4-15(16)25-18/h3-4,10,12-13H,1-2,5-9H2,(H,19,23)/t12-,13+/m0/s1. The zero-order chi connectivity index (χ0) is 16.5. The Bertz CT molecular complexity index is 877. The highest BCUT2D eigenvalue weighted by Gasteiger charge is 2.47. The van der Waals surface area contributed by atoms with Gasteiger partial charge >= 0.3 is 6.03 Å². The van der Waals surface area contributed by atoms with Crippen molar-refractivity contribution < 1.29 is 9.53 Å². The van der Waals surface area contributed by atoms with Crippen LogP contribution in [0, 0.1) is 0 Å². The van der Waals surface area contributed by atoms with Crippen molar-refractivity contribution in [2.24, 2.45) is 0 Å². The van der Waals surface area contributed by atoms with Crippen LogP contribution in [0.2, 0.25) is 0 Å². The molecule has 3 aliphatic heterocycles. The summed E-state index contributed by atoms with van der Waals surface area (Å²) in [6.45, 7) is 2.79. The summed E-state index contributed by atoms with van der Waals surface area (Å²) in [4.78, 5) is 22.0. The Kier molecular flexibility index (Phi) is 2.91. The van der Waals surface area contributed by atoms with E-state index in [1.165, 1.54) is 18.4 Å². The number of hydrogen-bond donors (Lipinski definition) is 1. The highest BCUT2D eigenvalue weighted by atomic mass is 32.1. The zero-order valence-corrected chi connectivity index (χ0v) is 14.7. The van der Waals surface area contributed by atoms with Gasteiger partial charge in [-0.15, -0.1) is 0 Å². The molecule has 6 rings (SSSR count). The van der Waals surface area contributed by atoms with Crippen LogP contribution in [0.3, 0.4) is 0 Å². The number of amides is 2. The van der Waals surface area contributed by atoms with Gasteiger partial charge in [0.25, 0.3) is 0 Å². The Labute approximate surface area is 149 Å². The number of nitrogens with zero attached hydrogens (tertiary/aromatic N) is 3. The van der Waals surface area contributed by atoms with Crippen LogP contribution < -0.4 is 15.0 Å². The molecule has 7 heteroatoms. The first-order valence-electron chi connectivity index (χ1n) is 9.17. The predicted molar refractivity (Wildman–Crippen MR) is 96.6 cm³/mol. The van der Waals surface area contributed by atoms with Crippen LogP contribution in [0.4, 0.5) is 9.93 Å². The monoisotopic (exact) mass is 356 g/mol. The number of likely N-dealkylation sites (tertiary alicyclic amines) is 1. The lowest BCUT2D eigenvalue weighted by Crippen LogP contribution is -2.52. The van der Waals surface area contributed by atoms with Gasteiger partial charge in [0.15, 0.2) is 5.13 Å². The first kappa shape index (κ1) is 14.3. The van der Waals surface area contributed by atoms with Crippen molar-refractivity contribution in [2.45, 2.75) is 43.8 Å². The Morgan fingerprint density at radius 3 is 3.08 bits per heavy atom. The highest BCUT2D eigenvalue weighted by molar-refractivity contribution is 7.22. The lowest BCUT2D eigenvalue weighted by atomic mass is 10.0. The van der Waals surface area contributed by atoms with Gasteiger partial charge < -0.3 is 10.1 Å². The smallest absolute Gasteiger partial charge is 0.324 e. The summed E-state index contributed by atoms with van der Waals surface area (Å²) in [6.07, 6.45) is 4.57. The van der Waals surface area contributed by atoms with Crippen molar-refractivity contribution in [3.63, 3.8) is 0 Å². The van der Waals surface area contributed by atoms with Crippen LogP contribution in [0.25, 0.3) is 10.2 Å². The minimum atomic E-state index is 0.0135. The Morgan fingerprint density at radius 2 is 2.20 bits per heavy atom. The van der Waals surface area contributed by atoms with Crippen LogP contribution in [-0.4, -0.2) is 53.7 Å². The molecule has 2 saturated heterocycles. The number of fused-ring (bicyclic) bond motifs is 4. The first-order chi connectivity index (χ1) is 12.3. The third-order valence-corrected chi connectivity index (χ3v) is 6.98. The van der Waals surface area contributed by atoms with Crippen molar-refractivity contribution >= 4 is 32.7 Å². The van der Waals surface area contributed by atoms with Crippen LogP contribution in [0.1, 0.15) is 24.8 Å². The molecular formula is C18H20N4O2S. The van der Waals surface area contributed by atoms with E-state index in [0.717, 1.165) is 59.7 Å². The largest absolute Gasteiger partial charge is 0.493 e. The van der Waals surface area contributed by atoms with Crippen molar-refractivity contribution in [1.29, 1.82) is 0 Å². The Hall–Kier alpha value is -1.86. The molecule has 0 spiro atoms. The molecule has 1 aromatic heterocycles. The third-order valence-electron chi connectivity index (χ3n) is 5.96. The maximum absolute atomic E-state index is 12.7. The molecule has 6 nitrogen and oxygen atoms in total. The van der Waals surface area contributed by atoms with Gasteiger partial charge in [0.05, 0.1) is 28.9 Å². The topological polar surface area (TPSA) is 57.7 Å². The molecule has 2 aromatic rings. The van der Waals surface area contributed by atoms with E-state index in [1.807, 2.05) is 11.0 Å². The third kappa shape index (κ3) is 2.12. The number of ether oxygens (including phenoxy) is 1. The maximum atomic E-state index is 12.7. The van der Waals surface area contributed by atoms with E-state index in [4.69, 9.17) is 9.72 Å². The van der Waals surface area contributed by atoms with Gasteiger partial charge in [-0.25, -0.2) is 9.78 Å². The number of piperidine rings is 1. The van der Waals surface area contributed by atoms with Crippen LogP contribution in [0.5, 0.6) is 5.75 Å². The number of nitrogens with one attached hydrogen (secondary N) is 1. The van der Waals surface area contributed by atoms with Gasteiger partial charge in [-0.2, -0.15) is 0 Å². The molecule has 1 aromatic carbocycles. The molecule has 3 fully saturated rings. The van der Waals surface area contributed by atoms with Crippen molar-refractivity contribution in [3.05, 3.63) is 17.7 Å². The fourth-order valence-electron chi connectivity index (χ4n) is 4.53. The van der Waals surface area contributed by atoms with Crippen LogP contribution >= 0.6 is 11.3 Å². The second-order valence-electron chi connectivity index (χ2n) is 7.49. The molecule has 0 unspecified atom stereocenters. The van der Waals surface area contributed by atoms with E-state index in [-0.39, 0.29) is 18.1 Å². The number of thiazole rings is 1. The number of carbonyl (C=O) groups is 1. The average molecular weight is 356 g/mol. The maximum Gasteiger partial charge on any atom is 0.324 e. The molecular weight excluding hydrogens is 336 g/mol. The van der Waals surface area contributed by atoms with Gasteiger partial charge in [-0.05, 0) is 31.4 Å². The zero-order valence-electron chi connectivity index (χ0n) is 13.9. The lowest BCUT2D eigenvalue weighted by Gasteiger charge is -2.36. The molecule has 2 atom stereocenters. The molecule has 1 aliphatic carbocycles. The summed E-state index contributed by atoms with van der Waals surface area (Å²) < 4.78 is 6.80. The molecule has 1 N–H and O–H groups in total. The quantitative estimate of drug-likeness (QED) is 0.898. The number of urea groups is 1. The van der Waals surface area contributed by atoms with E-state index < -0.39 is 0 Å². The number of benzene rings is 1. The summed E-state index contributed by atoms with van der Waals surface area (Å²) in [5, 5.41) is 4.01. The fourth-order valence-corrected chi connectivity index (χ4v) is 5.58. The minimum absolute atomic E-state index is 0.0135. The molecule has 4 aliphatic rings. The summed E-state index contributed by atoms with van der Waals surface area (Å²) in [7, 11) is 0. The Morgan fingerprint density at radius 1 is 1.28 bits per heavy atom. The second kappa shape index (κ2) is 5.08. The second-order valence-corrected chi connectivity index (χ2v) is 8.50. The van der Waals surface area contributed by atoms with Gasteiger partial charge in [0, 0.05) is 31.1 Å².